The summed E-state index contributed by atoms with van der Waals surface area (Å²) in [4.78, 5) is 58.0. The van der Waals surface area contributed by atoms with E-state index in [2.05, 4.69) is 15.7 Å². The van der Waals surface area contributed by atoms with Gasteiger partial charge in [-0.1, -0.05) is 60.7 Å². The number of likely N-dealkylation sites (N-methyl/N-ethyl adjacent to an activating group) is 2. The average Bonchev–Trinajstić information content (AvgIpc) is 3.58. The highest BCUT2D eigenvalue weighted by Crippen LogP contribution is 2.21. The number of ether oxygens (including phenoxy) is 2. The number of aromatic nitrogens is 2. The number of benzene rings is 4. The van der Waals surface area contributed by atoms with Crippen LogP contribution in [0.1, 0.15) is 32.1 Å². The smallest absolute Gasteiger partial charge is 0.272 e. The summed E-state index contributed by atoms with van der Waals surface area (Å²) in [6.45, 7) is 0. The second-order valence-electron chi connectivity index (χ2n) is 12.2. The number of nitrogens with zero attached hydrogens (tertiary/aromatic N) is 4. The van der Waals surface area contributed by atoms with Gasteiger partial charge in [-0.25, -0.2) is 0 Å². The van der Waals surface area contributed by atoms with Gasteiger partial charge in [0.15, 0.2) is 5.69 Å². The first-order chi connectivity index (χ1) is 25.1. The fourth-order valence-corrected chi connectivity index (χ4v) is 5.69. The molecule has 0 aliphatic carbocycles. The quantitative estimate of drug-likeness (QED) is 0.175. The maximum atomic E-state index is 13.8. The van der Waals surface area contributed by atoms with E-state index in [4.69, 9.17) is 9.47 Å². The second kappa shape index (κ2) is 17.0. The van der Waals surface area contributed by atoms with Gasteiger partial charge in [-0.05, 0) is 59.7 Å². The lowest BCUT2D eigenvalue weighted by Crippen LogP contribution is -2.49. The zero-order valence-electron chi connectivity index (χ0n) is 29.8. The molecule has 0 bridgehead atoms. The van der Waals surface area contributed by atoms with E-state index in [1.54, 1.807) is 76.8 Å². The molecule has 0 saturated carbocycles. The van der Waals surface area contributed by atoms with Crippen molar-refractivity contribution in [1.29, 1.82) is 0 Å². The number of anilines is 2. The third-order valence-electron chi connectivity index (χ3n) is 8.70. The molecule has 268 valence electrons. The summed E-state index contributed by atoms with van der Waals surface area (Å²) >= 11 is 0. The first kappa shape index (κ1) is 36.8. The van der Waals surface area contributed by atoms with Gasteiger partial charge in [-0.15, -0.1) is 0 Å². The molecule has 4 amide bonds. The number of carbonyl (C=O) groups excluding carboxylic acids is 4. The number of rotatable bonds is 14. The Morgan fingerprint density at radius 1 is 0.635 bits per heavy atom. The van der Waals surface area contributed by atoms with E-state index in [-0.39, 0.29) is 36.0 Å². The first-order valence-corrected chi connectivity index (χ1v) is 16.6. The molecule has 1 heterocycles. The van der Waals surface area contributed by atoms with E-state index in [1.165, 1.54) is 27.6 Å². The van der Waals surface area contributed by atoms with Crippen molar-refractivity contribution < 1.29 is 28.7 Å². The highest BCUT2D eigenvalue weighted by molar-refractivity contribution is 6.04. The van der Waals surface area contributed by atoms with Crippen LogP contribution in [0.15, 0.2) is 115 Å². The van der Waals surface area contributed by atoms with E-state index in [1.807, 2.05) is 60.7 Å². The molecular weight excluding hydrogens is 660 g/mol. The van der Waals surface area contributed by atoms with E-state index >= 15 is 0 Å². The highest BCUT2D eigenvalue weighted by Gasteiger charge is 2.30. The Bertz CT molecular complexity index is 1980. The number of hydrogen-bond acceptors (Lipinski definition) is 7. The molecule has 0 aliphatic rings. The summed E-state index contributed by atoms with van der Waals surface area (Å²) in [5.41, 5.74) is 2.93. The van der Waals surface area contributed by atoms with Gasteiger partial charge in [-0.2, -0.15) is 5.10 Å². The Morgan fingerprint density at radius 3 is 1.44 bits per heavy atom. The predicted molar refractivity (Wildman–Crippen MR) is 199 cm³/mol. The van der Waals surface area contributed by atoms with Crippen molar-refractivity contribution in [2.75, 3.05) is 38.1 Å². The molecule has 2 atom stereocenters. The molecule has 2 N–H and O–H groups in total. The molecule has 12 nitrogen and oxygen atoms in total. The molecule has 0 saturated heterocycles. The van der Waals surface area contributed by atoms with E-state index in [0.29, 0.717) is 22.9 Å². The monoisotopic (exact) mass is 702 g/mol. The van der Waals surface area contributed by atoms with Crippen LogP contribution < -0.4 is 29.9 Å². The molecule has 4 aromatic carbocycles. The van der Waals surface area contributed by atoms with Crippen molar-refractivity contribution in [2.45, 2.75) is 24.9 Å². The normalized spacial score (nSPS) is 11.9. The van der Waals surface area contributed by atoms with Crippen LogP contribution in [-0.4, -0.2) is 73.8 Å². The van der Waals surface area contributed by atoms with Gasteiger partial charge in [0, 0.05) is 51.4 Å². The minimum atomic E-state index is -0.956. The van der Waals surface area contributed by atoms with Gasteiger partial charge in [-0.3, -0.25) is 23.9 Å². The lowest BCUT2D eigenvalue weighted by atomic mass is 10.0. The Morgan fingerprint density at radius 2 is 1.04 bits per heavy atom. The maximum absolute atomic E-state index is 13.8. The maximum Gasteiger partial charge on any atom is 0.272 e. The molecule has 12 heteroatoms. The van der Waals surface area contributed by atoms with Crippen LogP contribution in [0, 0.1) is 0 Å². The van der Waals surface area contributed by atoms with Crippen molar-refractivity contribution in [1.82, 2.24) is 20.4 Å². The van der Waals surface area contributed by atoms with Crippen molar-refractivity contribution in [2.24, 2.45) is 7.05 Å². The fourth-order valence-electron chi connectivity index (χ4n) is 5.69. The van der Waals surface area contributed by atoms with Crippen LogP contribution in [0.5, 0.6) is 11.5 Å². The largest absolute Gasteiger partial charge is 0.497 e. The summed E-state index contributed by atoms with van der Waals surface area (Å²) in [5, 5.41) is 10.0. The zero-order chi connectivity index (χ0) is 37.2. The molecule has 0 aliphatic heterocycles. The number of nitrogens with one attached hydrogen (secondary N) is 2. The van der Waals surface area contributed by atoms with Crippen LogP contribution in [0.4, 0.5) is 11.4 Å². The Labute approximate surface area is 303 Å². The Hall–Kier alpha value is -6.43. The molecular formula is C40H42N6O6. The van der Waals surface area contributed by atoms with Crippen molar-refractivity contribution >= 4 is 35.0 Å². The van der Waals surface area contributed by atoms with Gasteiger partial charge in [0.25, 0.3) is 11.8 Å². The Kier molecular flexibility index (Phi) is 12.0. The van der Waals surface area contributed by atoms with Gasteiger partial charge in [0.1, 0.15) is 29.3 Å². The molecule has 0 unspecified atom stereocenters. The van der Waals surface area contributed by atoms with E-state index in [0.717, 1.165) is 11.1 Å². The average molecular weight is 703 g/mol. The molecule has 5 aromatic rings. The van der Waals surface area contributed by atoms with Crippen LogP contribution in [-0.2, 0) is 29.5 Å². The predicted octanol–water partition coefficient (Wildman–Crippen LogP) is 4.45. The molecule has 0 fully saturated rings. The van der Waals surface area contributed by atoms with Crippen LogP contribution in [0.25, 0.3) is 0 Å². The van der Waals surface area contributed by atoms with E-state index < -0.39 is 23.9 Å². The fraction of sp³-hybridized carbons (Fsp3) is 0.225. The van der Waals surface area contributed by atoms with Crippen LogP contribution in [0.2, 0.25) is 0 Å². The van der Waals surface area contributed by atoms with Crippen LogP contribution >= 0.6 is 0 Å². The standard InChI is InChI=1S/C40H42N6O6/c1-44(29-16-20-31(51-4)21-17-29)39(49)34(24-27-12-8-6-9-13-27)41-37(47)33-26-36(46(3)43-33)38(48)42-35(25-28-14-10-7-11-15-28)40(50)45(2)30-18-22-32(52-5)23-19-30/h6-23,26,34-35H,24-25H2,1-5H3,(H,41,47)(H,42,48)/t34-,35-/m0/s1. The highest BCUT2D eigenvalue weighted by atomic mass is 16.5. The van der Waals surface area contributed by atoms with Crippen molar-refractivity contribution in [3.05, 3.63) is 138 Å². The summed E-state index contributed by atoms with van der Waals surface area (Å²) in [5.74, 6) is -0.625. The summed E-state index contributed by atoms with van der Waals surface area (Å²) in [6, 6.07) is 32.2. The number of amides is 4. The third kappa shape index (κ3) is 9.02. The third-order valence-corrected chi connectivity index (χ3v) is 8.70. The van der Waals surface area contributed by atoms with E-state index in [9.17, 15) is 19.2 Å². The van der Waals surface area contributed by atoms with Gasteiger partial charge < -0.3 is 29.9 Å². The molecule has 52 heavy (non-hydrogen) atoms. The van der Waals surface area contributed by atoms with Crippen molar-refractivity contribution in [3.63, 3.8) is 0 Å². The second-order valence-corrected chi connectivity index (χ2v) is 12.2. The zero-order valence-corrected chi connectivity index (χ0v) is 29.8. The topological polar surface area (TPSA) is 135 Å². The number of hydrogen-bond donors (Lipinski definition) is 2. The van der Waals surface area contributed by atoms with Gasteiger partial charge in [0.05, 0.1) is 14.2 Å². The summed E-state index contributed by atoms with van der Waals surface area (Å²) in [6.07, 6.45) is 0.444. The molecule has 0 radical (unpaired) electrons. The lowest BCUT2D eigenvalue weighted by Gasteiger charge is -2.25. The van der Waals surface area contributed by atoms with Crippen LogP contribution in [0.3, 0.4) is 0 Å². The number of carbonyl (C=O) groups is 4. The molecule has 5 rings (SSSR count). The molecule has 1 aromatic heterocycles. The van der Waals surface area contributed by atoms with Gasteiger partial charge >= 0.3 is 0 Å². The van der Waals surface area contributed by atoms with Gasteiger partial charge in [0.2, 0.25) is 11.8 Å². The first-order valence-electron chi connectivity index (χ1n) is 16.6. The van der Waals surface area contributed by atoms with Crippen molar-refractivity contribution in [3.8, 4) is 11.5 Å². The minimum Gasteiger partial charge on any atom is -0.497 e. The SMILES string of the molecule is COc1ccc(N(C)C(=O)[C@H](Cc2ccccc2)NC(=O)c2cc(C(=O)N[C@@H](Cc3ccccc3)C(=O)N(C)c3ccc(OC)cc3)n(C)n2)cc1. The lowest BCUT2D eigenvalue weighted by molar-refractivity contribution is -0.120. The minimum absolute atomic E-state index is 0.0596. The molecule has 0 spiro atoms. The summed E-state index contributed by atoms with van der Waals surface area (Å²) < 4.78 is 11.8. The Balaban J connectivity index is 1.35. The number of methoxy groups -OCH3 is 2. The summed E-state index contributed by atoms with van der Waals surface area (Å²) in [7, 11) is 7.94. The number of aryl methyl sites for hydroxylation is 1.